The molecule has 0 heterocycles. The van der Waals surface area contributed by atoms with Crippen molar-refractivity contribution in [1.29, 1.82) is 0 Å². The first kappa shape index (κ1) is 24.1. The van der Waals surface area contributed by atoms with Gasteiger partial charge in [0.05, 0.1) is 0 Å². The van der Waals surface area contributed by atoms with E-state index in [1.54, 1.807) is 60.7 Å². The molecule has 33 heavy (non-hydrogen) atoms. The summed E-state index contributed by atoms with van der Waals surface area (Å²) >= 11 is 2.07. The first-order valence-electron chi connectivity index (χ1n) is 9.81. The highest BCUT2D eigenvalue weighted by molar-refractivity contribution is 14.1. The number of halogens is 1. The number of hydroxylamine groups is 1. The normalized spacial score (nSPS) is 12.5. The quantitative estimate of drug-likeness (QED) is 0.136. The third-order valence-corrected chi connectivity index (χ3v) is 5.08. The van der Waals surface area contributed by atoms with Crippen LogP contribution in [0.25, 0.3) is 0 Å². The average molecular weight is 560 g/mol. The van der Waals surface area contributed by atoms with Gasteiger partial charge in [-0.05, 0) is 71.1 Å². The second kappa shape index (κ2) is 11.9. The highest BCUT2D eigenvalue weighted by Gasteiger charge is 2.30. The van der Waals surface area contributed by atoms with E-state index in [-0.39, 0.29) is 11.3 Å². The van der Waals surface area contributed by atoms with Crippen molar-refractivity contribution < 1.29 is 29.4 Å². The van der Waals surface area contributed by atoms with Crippen LogP contribution >= 0.6 is 22.6 Å². The lowest BCUT2D eigenvalue weighted by molar-refractivity contribution is -0.124. The standard InChI is InChI=1S/C24H21IN2O6/c25-16-11-12-20(28)19(15-16)23(33-24(30)26-17-7-3-1-4-8-17)21(13-14-22(29)27-31)32-18-9-5-2-6-10-18/h1-15,21,23,28,31H,(H,26,30)(H,27,29)/b14-13+/t21-,23-/m0/s1. The van der Waals surface area contributed by atoms with Gasteiger partial charge in [0, 0.05) is 20.9 Å². The van der Waals surface area contributed by atoms with Gasteiger partial charge in [0.2, 0.25) is 0 Å². The molecule has 0 fully saturated rings. The third kappa shape index (κ3) is 7.22. The topological polar surface area (TPSA) is 117 Å². The van der Waals surface area contributed by atoms with Crippen molar-refractivity contribution in [3.05, 3.63) is 100 Å². The van der Waals surface area contributed by atoms with Crippen LogP contribution in [0.4, 0.5) is 10.5 Å². The molecule has 0 radical (unpaired) electrons. The van der Waals surface area contributed by atoms with E-state index >= 15 is 0 Å². The van der Waals surface area contributed by atoms with Crippen molar-refractivity contribution in [2.45, 2.75) is 12.2 Å². The Balaban J connectivity index is 1.98. The minimum atomic E-state index is -1.15. The van der Waals surface area contributed by atoms with Crippen molar-refractivity contribution >= 4 is 40.3 Å². The van der Waals surface area contributed by atoms with Gasteiger partial charge in [0.1, 0.15) is 11.5 Å². The SMILES string of the molecule is O=C(/C=C/[C@H](Oc1ccccc1)[C@@H](OC(=O)Nc1ccccc1)c1cc(I)ccc1O)NO. The van der Waals surface area contributed by atoms with E-state index in [0.717, 1.165) is 9.65 Å². The molecule has 0 saturated heterocycles. The number of anilines is 1. The Hall–Kier alpha value is -3.57. The number of phenols is 1. The van der Waals surface area contributed by atoms with E-state index in [9.17, 15) is 14.7 Å². The summed E-state index contributed by atoms with van der Waals surface area (Å²) in [6.07, 6.45) is -0.588. The molecule has 0 unspecified atom stereocenters. The molecule has 2 atom stereocenters. The average Bonchev–Trinajstić information content (AvgIpc) is 2.83. The Kier molecular flexibility index (Phi) is 8.67. The van der Waals surface area contributed by atoms with Gasteiger partial charge in [-0.1, -0.05) is 36.4 Å². The molecule has 3 rings (SSSR count). The maximum Gasteiger partial charge on any atom is 0.412 e. The summed E-state index contributed by atoms with van der Waals surface area (Å²) in [5.41, 5.74) is 2.30. The number of nitrogens with one attached hydrogen (secondary N) is 2. The molecule has 2 amide bonds. The van der Waals surface area contributed by atoms with E-state index < -0.39 is 24.2 Å². The van der Waals surface area contributed by atoms with Gasteiger partial charge < -0.3 is 14.6 Å². The van der Waals surface area contributed by atoms with Crippen LogP contribution in [0.2, 0.25) is 0 Å². The van der Waals surface area contributed by atoms with Gasteiger partial charge in [0.15, 0.2) is 12.2 Å². The predicted octanol–water partition coefficient (Wildman–Crippen LogP) is 4.80. The monoisotopic (exact) mass is 560 g/mol. The van der Waals surface area contributed by atoms with Gasteiger partial charge in [-0.15, -0.1) is 0 Å². The highest BCUT2D eigenvalue weighted by atomic mass is 127. The summed E-state index contributed by atoms with van der Waals surface area (Å²) in [6, 6.07) is 22.3. The Morgan fingerprint density at radius 1 is 0.970 bits per heavy atom. The lowest BCUT2D eigenvalue weighted by Crippen LogP contribution is -2.30. The second-order valence-electron chi connectivity index (χ2n) is 6.75. The number of hydrogen-bond donors (Lipinski definition) is 4. The largest absolute Gasteiger partial charge is 0.508 e. The van der Waals surface area contributed by atoms with Gasteiger partial charge >= 0.3 is 6.09 Å². The fraction of sp³-hybridized carbons (Fsp3) is 0.0833. The summed E-state index contributed by atoms with van der Waals surface area (Å²) < 4.78 is 12.5. The van der Waals surface area contributed by atoms with E-state index in [1.165, 1.54) is 17.6 Å². The Morgan fingerprint density at radius 3 is 2.30 bits per heavy atom. The smallest absolute Gasteiger partial charge is 0.412 e. The molecule has 0 saturated carbocycles. The van der Waals surface area contributed by atoms with E-state index in [4.69, 9.17) is 14.7 Å². The zero-order valence-electron chi connectivity index (χ0n) is 17.2. The number of aromatic hydroxyl groups is 1. The molecular weight excluding hydrogens is 539 g/mol. The van der Waals surface area contributed by atoms with Crippen LogP contribution in [0.5, 0.6) is 11.5 Å². The third-order valence-electron chi connectivity index (χ3n) is 4.41. The number of amides is 2. The van der Waals surface area contributed by atoms with Crippen LogP contribution in [0, 0.1) is 3.57 Å². The summed E-state index contributed by atoms with van der Waals surface area (Å²) in [7, 11) is 0. The summed E-state index contributed by atoms with van der Waals surface area (Å²) in [5.74, 6) is -0.468. The molecule has 3 aromatic rings. The molecule has 0 aliphatic heterocycles. The van der Waals surface area contributed by atoms with Crippen LogP contribution in [0.15, 0.2) is 91.0 Å². The number of para-hydroxylation sites is 2. The van der Waals surface area contributed by atoms with E-state index in [1.807, 2.05) is 12.1 Å². The Morgan fingerprint density at radius 2 is 1.64 bits per heavy atom. The zero-order chi connectivity index (χ0) is 23.6. The second-order valence-corrected chi connectivity index (χ2v) is 8.00. The molecule has 170 valence electrons. The molecule has 0 spiro atoms. The number of rotatable bonds is 8. The first-order valence-corrected chi connectivity index (χ1v) is 10.9. The van der Waals surface area contributed by atoms with Crippen LogP contribution in [0.1, 0.15) is 11.7 Å². The molecule has 0 aliphatic carbocycles. The van der Waals surface area contributed by atoms with Crippen molar-refractivity contribution in [3.63, 3.8) is 0 Å². The zero-order valence-corrected chi connectivity index (χ0v) is 19.4. The molecule has 8 nitrogen and oxygen atoms in total. The summed E-state index contributed by atoms with van der Waals surface area (Å²) in [5, 5.41) is 22.0. The maximum atomic E-state index is 12.7. The van der Waals surface area contributed by atoms with Crippen LogP contribution in [-0.4, -0.2) is 28.4 Å². The molecular formula is C24H21IN2O6. The van der Waals surface area contributed by atoms with Gasteiger partial charge in [-0.2, -0.15) is 0 Å². The molecule has 0 aromatic heterocycles. The van der Waals surface area contributed by atoms with E-state index in [2.05, 4.69) is 27.9 Å². The molecule has 9 heteroatoms. The van der Waals surface area contributed by atoms with Crippen molar-refractivity contribution in [2.24, 2.45) is 0 Å². The Labute approximate surface area is 203 Å². The Bertz CT molecular complexity index is 1110. The predicted molar refractivity (Wildman–Crippen MR) is 130 cm³/mol. The molecule has 0 aliphatic rings. The summed E-state index contributed by atoms with van der Waals surface area (Å²) in [6.45, 7) is 0. The van der Waals surface area contributed by atoms with Crippen molar-refractivity contribution in [2.75, 3.05) is 5.32 Å². The molecule has 4 N–H and O–H groups in total. The number of hydrogen-bond acceptors (Lipinski definition) is 6. The summed E-state index contributed by atoms with van der Waals surface area (Å²) in [4.78, 5) is 24.4. The van der Waals surface area contributed by atoms with Crippen molar-refractivity contribution in [3.8, 4) is 11.5 Å². The first-order chi connectivity index (χ1) is 16.0. The van der Waals surface area contributed by atoms with Crippen LogP contribution < -0.4 is 15.5 Å². The minimum absolute atomic E-state index is 0.116. The number of benzene rings is 3. The van der Waals surface area contributed by atoms with Crippen LogP contribution in [-0.2, 0) is 9.53 Å². The molecule has 3 aromatic carbocycles. The van der Waals surface area contributed by atoms with Crippen LogP contribution in [0.3, 0.4) is 0 Å². The number of carbonyl (C=O) groups is 2. The van der Waals surface area contributed by atoms with E-state index in [0.29, 0.717) is 11.4 Å². The minimum Gasteiger partial charge on any atom is -0.508 e. The molecule has 0 bridgehead atoms. The van der Waals surface area contributed by atoms with Gasteiger partial charge in [-0.3, -0.25) is 15.3 Å². The number of carbonyl (C=O) groups excluding carboxylic acids is 2. The van der Waals surface area contributed by atoms with Crippen molar-refractivity contribution in [1.82, 2.24) is 5.48 Å². The number of phenolic OH excluding ortho intramolecular Hbond substituents is 1. The van der Waals surface area contributed by atoms with Gasteiger partial charge in [0.25, 0.3) is 5.91 Å². The fourth-order valence-corrected chi connectivity index (χ4v) is 3.44. The lowest BCUT2D eigenvalue weighted by Gasteiger charge is -2.27. The highest BCUT2D eigenvalue weighted by Crippen LogP contribution is 2.34. The van der Waals surface area contributed by atoms with Gasteiger partial charge in [-0.25, -0.2) is 10.3 Å². The number of ether oxygens (including phenoxy) is 2. The maximum absolute atomic E-state index is 12.7. The fourth-order valence-electron chi connectivity index (χ4n) is 2.92. The lowest BCUT2D eigenvalue weighted by atomic mass is 10.0.